The van der Waals surface area contributed by atoms with Crippen LogP contribution in [-0.4, -0.2) is 91.7 Å². The molecule has 1 atom stereocenters. The highest BCUT2D eigenvalue weighted by molar-refractivity contribution is 5.96. The van der Waals surface area contributed by atoms with Gasteiger partial charge >= 0.3 is 0 Å². The molecule has 31 heavy (non-hydrogen) atoms. The first-order chi connectivity index (χ1) is 15.1. The predicted octanol–water partition coefficient (Wildman–Crippen LogP) is 3.07. The summed E-state index contributed by atoms with van der Waals surface area (Å²) in [6, 6.07) is 9.12. The van der Waals surface area contributed by atoms with Crippen LogP contribution in [0.4, 0.5) is 5.69 Å². The van der Waals surface area contributed by atoms with Gasteiger partial charge in [-0.3, -0.25) is 9.69 Å². The van der Waals surface area contributed by atoms with Gasteiger partial charge in [0.1, 0.15) is 5.75 Å². The van der Waals surface area contributed by atoms with Crippen LogP contribution in [0.2, 0.25) is 0 Å². The number of nitrogens with zero attached hydrogens (tertiary/aromatic N) is 4. The van der Waals surface area contributed by atoms with Gasteiger partial charge in [0.15, 0.2) is 0 Å². The van der Waals surface area contributed by atoms with E-state index in [0.29, 0.717) is 18.5 Å². The molecule has 0 unspecified atom stereocenters. The molecule has 0 bridgehead atoms. The van der Waals surface area contributed by atoms with E-state index in [4.69, 9.17) is 4.74 Å². The Morgan fingerprint density at radius 2 is 1.68 bits per heavy atom. The molecule has 0 aliphatic carbocycles. The third-order valence-electron chi connectivity index (χ3n) is 7.13. The third-order valence-corrected chi connectivity index (χ3v) is 7.13. The molecule has 0 spiro atoms. The van der Waals surface area contributed by atoms with Crippen molar-refractivity contribution in [1.29, 1.82) is 0 Å². The van der Waals surface area contributed by atoms with Crippen molar-refractivity contribution in [3.8, 4) is 5.75 Å². The molecule has 1 amide bonds. The van der Waals surface area contributed by atoms with E-state index in [-0.39, 0.29) is 5.91 Å². The first-order valence-electron chi connectivity index (χ1n) is 12.3. The number of ether oxygens (including phenoxy) is 1. The predicted molar refractivity (Wildman–Crippen MR) is 126 cm³/mol. The number of carbonyl (C=O) groups excluding carboxylic acids is 1. The molecule has 0 N–H and O–H groups in total. The summed E-state index contributed by atoms with van der Waals surface area (Å²) < 4.78 is 5.99. The minimum Gasteiger partial charge on any atom is -0.494 e. The third kappa shape index (κ3) is 5.99. The molecule has 3 saturated heterocycles. The minimum atomic E-state index is 0.260. The maximum Gasteiger partial charge on any atom is 0.227 e. The number of likely N-dealkylation sites (tertiary alicyclic amines) is 1. The van der Waals surface area contributed by atoms with Crippen molar-refractivity contribution in [3.63, 3.8) is 0 Å². The van der Waals surface area contributed by atoms with Gasteiger partial charge in [-0.1, -0.05) is 0 Å². The smallest absolute Gasteiger partial charge is 0.227 e. The van der Waals surface area contributed by atoms with E-state index < -0.39 is 0 Å². The van der Waals surface area contributed by atoms with Gasteiger partial charge in [0.2, 0.25) is 5.91 Å². The molecule has 1 aromatic carbocycles. The van der Waals surface area contributed by atoms with Crippen molar-refractivity contribution < 1.29 is 9.53 Å². The van der Waals surface area contributed by atoms with Gasteiger partial charge in [-0.15, -0.1) is 0 Å². The van der Waals surface area contributed by atoms with Crippen LogP contribution < -0.4 is 9.64 Å². The Balaban J connectivity index is 1.20. The number of rotatable bonds is 9. The fourth-order valence-electron chi connectivity index (χ4n) is 5.22. The molecule has 3 aliphatic rings. The summed E-state index contributed by atoms with van der Waals surface area (Å²) in [5, 5.41) is 0. The summed E-state index contributed by atoms with van der Waals surface area (Å²) in [7, 11) is 0. The zero-order chi connectivity index (χ0) is 21.6. The van der Waals surface area contributed by atoms with Gasteiger partial charge in [0.25, 0.3) is 0 Å². The van der Waals surface area contributed by atoms with Crippen LogP contribution in [0.3, 0.4) is 0 Å². The fourth-order valence-corrected chi connectivity index (χ4v) is 5.22. The lowest BCUT2D eigenvalue weighted by molar-refractivity contribution is -0.117. The van der Waals surface area contributed by atoms with Gasteiger partial charge < -0.3 is 19.4 Å². The minimum absolute atomic E-state index is 0.260. The summed E-state index contributed by atoms with van der Waals surface area (Å²) in [6.45, 7) is 14.4. The van der Waals surface area contributed by atoms with Crippen LogP contribution in [0.5, 0.6) is 5.75 Å². The van der Waals surface area contributed by atoms with Crippen molar-refractivity contribution >= 4 is 11.6 Å². The van der Waals surface area contributed by atoms with Gasteiger partial charge in [-0.05, 0) is 76.9 Å². The molecule has 3 aliphatic heterocycles. The van der Waals surface area contributed by atoms with Crippen LogP contribution >= 0.6 is 0 Å². The molecule has 1 aromatic rings. The molecular weight excluding hydrogens is 388 g/mol. The molecular formula is C25H40N4O2. The Bertz CT molecular complexity index is 694. The molecule has 3 heterocycles. The van der Waals surface area contributed by atoms with E-state index >= 15 is 0 Å². The molecule has 0 saturated carbocycles. The van der Waals surface area contributed by atoms with Crippen molar-refractivity contribution in [3.05, 3.63) is 24.3 Å². The first-order valence-corrected chi connectivity index (χ1v) is 12.3. The van der Waals surface area contributed by atoms with Crippen molar-refractivity contribution in [1.82, 2.24) is 14.7 Å². The largest absolute Gasteiger partial charge is 0.494 e. The summed E-state index contributed by atoms with van der Waals surface area (Å²) in [5.41, 5.74) is 1.02. The van der Waals surface area contributed by atoms with Crippen molar-refractivity contribution in [2.75, 3.05) is 63.9 Å². The highest BCUT2D eigenvalue weighted by Gasteiger charge is 2.33. The van der Waals surface area contributed by atoms with Gasteiger partial charge in [0.05, 0.1) is 12.6 Å². The van der Waals surface area contributed by atoms with E-state index in [1.54, 1.807) is 0 Å². The first kappa shape index (κ1) is 22.6. The van der Waals surface area contributed by atoms with Crippen LogP contribution in [0.25, 0.3) is 0 Å². The summed E-state index contributed by atoms with van der Waals surface area (Å²) in [4.78, 5) is 22.2. The van der Waals surface area contributed by atoms with Crippen LogP contribution in [0, 0.1) is 0 Å². The average Bonchev–Trinajstić information content (AvgIpc) is 3.42. The maximum atomic E-state index is 12.5. The zero-order valence-corrected chi connectivity index (χ0v) is 19.5. The number of benzene rings is 1. The van der Waals surface area contributed by atoms with E-state index in [2.05, 4.69) is 40.7 Å². The normalized spacial score (nSPS) is 23.9. The lowest BCUT2D eigenvalue weighted by Crippen LogP contribution is -2.49. The highest BCUT2D eigenvalue weighted by atomic mass is 16.5. The number of carbonyl (C=O) groups is 1. The molecule has 6 nitrogen and oxygen atoms in total. The van der Waals surface area contributed by atoms with E-state index in [9.17, 15) is 4.79 Å². The second-order valence-electron chi connectivity index (χ2n) is 9.63. The van der Waals surface area contributed by atoms with Crippen LogP contribution in [0.15, 0.2) is 24.3 Å². The summed E-state index contributed by atoms with van der Waals surface area (Å²) >= 11 is 0. The number of amides is 1. The Hall–Kier alpha value is -1.63. The molecule has 6 heteroatoms. The number of anilines is 1. The molecule has 3 fully saturated rings. The molecule has 0 radical (unpaired) electrons. The number of piperazine rings is 1. The topological polar surface area (TPSA) is 39.3 Å². The van der Waals surface area contributed by atoms with Gasteiger partial charge in [-0.25, -0.2) is 0 Å². The summed E-state index contributed by atoms with van der Waals surface area (Å²) in [5.74, 6) is 1.16. The second kappa shape index (κ2) is 10.8. The van der Waals surface area contributed by atoms with E-state index in [0.717, 1.165) is 57.1 Å². The number of hydrogen-bond donors (Lipinski definition) is 0. The van der Waals surface area contributed by atoms with E-state index in [1.165, 1.54) is 39.0 Å². The van der Waals surface area contributed by atoms with Crippen LogP contribution in [-0.2, 0) is 4.79 Å². The lowest BCUT2D eigenvalue weighted by Gasteiger charge is -2.36. The lowest BCUT2D eigenvalue weighted by atomic mass is 10.2. The molecule has 0 aromatic heterocycles. The average molecular weight is 429 g/mol. The Labute approximate surface area is 188 Å². The SMILES string of the molecule is CC(C)N1CCN(CCCOc2ccc(N3C(=O)CC[C@H]3CN3CCCC3)cc2)CC1. The Morgan fingerprint density at radius 1 is 0.968 bits per heavy atom. The number of hydrogen-bond acceptors (Lipinski definition) is 5. The standard InChI is InChI=1S/C25H40N4O2/c1-21(2)28-17-15-26(16-18-28)14-5-19-31-24-9-6-22(7-10-24)29-23(8-11-25(29)30)20-27-12-3-4-13-27/h6-7,9-10,21,23H,3-5,8,11-20H2,1-2H3/t23-/m0/s1. The van der Waals surface area contributed by atoms with Gasteiger partial charge in [0, 0.05) is 57.4 Å². The van der Waals surface area contributed by atoms with Gasteiger partial charge in [-0.2, -0.15) is 0 Å². The summed E-state index contributed by atoms with van der Waals surface area (Å²) in [6.07, 6.45) is 5.27. The van der Waals surface area contributed by atoms with Crippen molar-refractivity contribution in [2.24, 2.45) is 0 Å². The maximum absolute atomic E-state index is 12.5. The second-order valence-corrected chi connectivity index (χ2v) is 9.63. The van der Waals surface area contributed by atoms with Crippen LogP contribution in [0.1, 0.15) is 46.0 Å². The quantitative estimate of drug-likeness (QED) is 0.565. The van der Waals surface area contributed by atoms with Crippen molar-refractivity contribution in [2.45, 2.75) is 58.0 Å². The monoisotopic (exact) mass is 428 g/mol. The van der Waals surface area contributed by atoms with E-state index in [1.807, 2.05) is 17.0 Å². The zero-order valence-electron chi connectivity index (χ0n) is 19.5. The molecule has 172 valence electrons. The Morgan fingerprint density at radius 3 is 2.35 bits per heavy atom. The molecule has 4 rings (SSSR count). The fraction of sp³-hybridized carbons (Fsp3) is 0.720. The highest BCUT2D eigenvalue weighted by Crippen LogP contribution is 2.29. The Kier molecular flexibility index (Phi) is 7.86.